The molecule has 1 aliphatic heterocycles. The molecule has 2 aromatic heterocycles. The van der Waals surface area contributed by atoms with Crippen LogP contribution in [0, 0.1) is 13.8 Å². The van der Waals surface area contributed by atoms with Crippen molar-refractivity contribution >= 4 is 11.6 Å². The molecule has 140 valence electrons. The SMILES string of the molecule is Cc1cc(N2CCN(C(=O)C(C)n3ccnc3C(C)C)CC2)cc(C)n1. The molecular formula is C20H29N5O. The maximum atomic E-state index is 13.0. The molecule has 0 aromatic carbocycles. The van der Waals surface area contributed by atoms with Crippen molar-refractivity contribution in [1.29, 1.82) is 0 Å². The van der Waals surface area contributed by atoms with E-state index in [0.717, 1.165) is 43.4 Å². The molecule has 0 radical (unpaired) electrons. The number of hydrogen-bond acceptors (Lipinski definition) is 4. The molecule has 3 heterocycles. The highest BCUT2D eigenvalue weighted by atomic mass is 16.2. The van der Waals surface area contributed by atoms with Gasteiger partial charge in [0.1, 0.15) is 11.9 Å². The first-order valence-corrected chi connectivity index (χ1v) is 9.38. The molecule has 0 saturated carbocycles. The molecule has 1 unspecified atom stereocenters. The number of amides is 1. The van der Waals surface area contributed by atoms with E-state index in [-0.39, 0.29) is 11.9 Å². The van der Waals surface area contributed by atoms with Crippen LogP contribution >= 0.6 is 0 Å². The zero-order valence-electron chi connectivity index (χ0n) is 16.4. The molecular weight excluding hydrogens is 326 g/mol. The van der Waals surface area contributed by atoms with Crippen LogP contribution in [0.3, 0.4) is 0 Å². The highest BCUT2D eigenvalue weighted by Gasteiger charge is 2.27. The number of anilines is 1. The van der Waals surface area contributed by atoms with Crippen molar-refractivity contribution in [2.45, 2.75) is 46.6 Å². The number of rotatable bonds is 4. The summed E-state index contributed by atoms with van der Waals surface area (Å²) < 4.78 is 2.01. The van der Waals surface area contributed by atoms with Crippen LogP contribution in [-0.4, -0.2) is 51.5 Å². The van der Waals surface area contributed by atoms with Crippen LogP contribution in [0.25, 0.3) is 0 Å². The quantitative estimate of drug-likeness (QED) is 0.846. The maximum Gasteiger partial charge on any atom is 0.245 e. The van der Waals surface area contributed by atoms with Gasteiger partial charge in [-0.15, -0.1) is 0 Å². The van der Waals surface area contributed by atoms with E-state index < -0.39 is 0 Å². The summed E-state index contributed by atoms with van der Waals surface area (Å²) in [5.74, 6) is 1.44. The van der Waals surface area contributed by atoms with E-state index in [4.69, 9.17) is 0 Å². The summed E-state index contributed by atoms with van der Waals surface area (Å²) in [5, 5.41) is 0. The fraction of sp³-hybridized carbons (Fsp3) is 0.550. The number of carbonyl (C=O) groups is 1. The van der Waals surface area contributed by atoms with Crippen LogP contribution in [0.1, 0.15) is 49.9 Å². The van der Waals surface area contributed by atoms with E-state index in [1.165, 1.54) is 5.69 Å². The van der Waals surface area contributed by atoms with E-state index in [9.17, 15) is 4.79 Å². The van der Waals surface area contributed by atoms with E-state index in [2.05, 4.69) is 40.8 Å². The Bertz CT molecular complexity index is 754. The number of carbonyl (C=O) groups excluding carboxylic acids is 1. The van der Waals surface area contributed by atoms with Crippen molar-refractivity contribution in [2.24, 2.45) is 0 Å². The molecule has 1 atom stereocenters. The van der Waals surface area contributed by atoms with Crippen molar-refractivity contribution in [3.63, 3.8) is 0 Å². The third-order valence-electron chi connectivity index (χ3n) is 5.01. The van der Waals surface area contributed by atoms with Gasteiger partial charge < -0.3 is 14.4 Å². The van der Waals surface area contributed by atoms with E-state index in [1.54, 1.807) is 6.20 Å². The number of aryl methyl sites for hydroxylation is 2. The van der Waals surface area contributed by atoms with Crippen LogP contribution in [0.5, 0.6) is 0 Å². The Morgan fingerprint density at radius 2 is 1.65 bits per heavy atom. The summed E-state index contributed by atoms with van der Waals surface area (Å²) >= 11 is 0. The normalized spacial score (nSPS) is 16.2. The molecule has 1 amide bonds. The second-order valence-corrected chi connectivity index (χ2v) is 7.44. The fourth-order valence-corrected chi connectivity index (χ4v) is 3.66. The highest BCUT2D eigenvalue weighted by Crippen LogP contribution is 2.22. The second-order valence-electron chi connectivity index (χ2n) is 7.44. The third kappa shape index (κ3) is 3.74. The van der Waals surface area contributed by atoms with Crippen LogP contribution in [0.15, 0.2) is 24.5 Å². The number of aromatic nitrogens is 3. The van der Waals surface area contributed by atoms with Gasteiger partial charge in [-0.25, -0.2) is 4.98 Å². The first-order chi connectivity index (χ1) is 12.4. The van der Waals surface area contributed by atoms with Gasteiger partial charge in [-0.2, -0.15) is 0 Å². The molecule has 1 fully saturated rings. The standard InChI is InChI=1S/C20H29N5O/c1-14(2)19-21-6-7-25(19)17(5)20(26)24-10-8-23(9-11-24)18-12-15(3)22-16(4)13-18/h6-7,12-14,17H,8-11H2,1-5H3. The van der Waals surface area contributed by atoms with Gasteiger partial charge in [0.25, 0.3) is 0 Å². The lowest BCUT2D eigenvalue weighted by Crippen LogP contribution is -2.50. The van der Waals surface area contributed by atoms with E-state index >= 15 is 0 Å². The molecule has 0 bridgehead atoms. The number of hydrogen-bond donors (Lipinski definition) is 0. The van der Waals surface area contributed by atoms with Crippen molar-refractivity contribution in [3.05, 3.63) is 41.7 Å². The number of piperazine rings is 1. The Labute approximate surface area is 155 Å². The average Bonchev–Trinajstić information content (AvgIpc) is 3.10. The first kappa shape index (κ1) is 18.4. The maximum absolute atomic E-state index is 13.0. The molecule has 0 aliphatic carbocycles. The van der Waals surface area contributed by atoms with Gasteiger partial charge in [0.2, 0.25) is 5.91 Å². The zero-order valence-corrected chi connectivity index (χ0v) is 16.4. The molecule has 1 saturated heterocycles. The zero-order chi connectivity index (χ0) is 18.8. The number of imidazole rings is 1. The van der Waals surface area contributed by atoms with Crippen molar-refractivity contribution in [3.8, 4) is 0 Å². The van der Waals surface area contributed by atoms with E-state index in [0.29, 0.717) is 5.92 Å². The van der Waals surface area contributed by atoms with Gasteiger partial charge in [0, 0.05) is 61.6 Å². The first-order valence-electron chi connectivity index (χ1n) is 9.38. The minimum Gasteiger partial charge on any atom is -0.368 e. The molecule has 6 nitrogen and oxygen atoms in total. The van der Waals surface area contributed by atoms with Crippen LogP contribution in [0.4, 0.5) is 5.69 Å². The Kier molecular flexibility index (Phi) is 5.30. The summed E-state index contributed by atoms with van der Waals surface area (Å²) in [6.07, 6.45) is 3.70. The predicted molar refractivity (Wildman–Crippen MR) is 104 cm³/mol. The lowest BCUT2D eigenvalue weighted by atomic mass is 10.1. The third-order valence-corrected chi connectivity index (χ3v) is 5.01. The average molecular weight is 355 g/mol. The van der Waals surface area contributed by atoms with Gasteiger partial charge in [-0.05, 0) is 32.9 Å². The molecule has 0 spiro atoms. The van der Waals surface area contributed by atoms with E-state index in [1.807, 2.05) is 36.4 Å². The lowest BCUT2D eigenvalue weighted by Gasteiger charge is -2.37. The van der Waals surface area contributed by atoms with Crippen LogP contribution in [0.2, 0.25) is 0 Å². The predicted octanol–water partition coefficient (Wildman–Crippen LogP) is 2.93. The van der Waals surface area contributed by atoms with Gasteiger partial charge in [0.05, 0.1) is 0 Å². The van der Waals surface area contributed by atoms with Crippen LogP contribution in [-0.2, 0) is 4.79 Å². The molecule has 1 aliphatic rings. The smallest absolute Gasteiger partial charge is 0.245 e. The van der Waals surface area contributed by atoms with Crippen molar-refractivity contribution < 1.29 is 4.79 Å². The summed E-state index contributed by atoms with van der Waals surface area (Å²) in [6, 6.07) is 4.02. The topological polar surface area (TPSA) is 54.3 Å². The highest BCUT2D eigenvalue weighted by molar-refractivity contribution is 5.80. The molecule has 3 rings (SSSR count). The Hall–Kier alpha value is -2.37. The van der Waals surface area contributed by atoms with Gasteiger partial charge >= 0.3 is 0 Å². The summed E-state index contributed by atoms with van der Waals surface area (Å²) in [6.45, 7) is 13.4. The van der Waals surface area contributed by atoms with Gasteiger partial charge in [-0.1, -0.05) is 13.8 Å². The van der Waals surface area contributed by atoms with Crippen molar-refractivity contribution in [1.82, 2.24) is 19.4 Å². The van der Waals surface area contributed by atoms with Gasteiger partial charge in [0.15, 0.2) is 0 Å². The Balaban J connectivity index is 1.65. The number of nitrogens with zero attached hydrogens (tertiary/aromatic N) is 5. The summed E-state index contributed by atoms with van der Waals surface area (Å²) in [7, 11) is 0. The Morgan fingerprint density at radius 1 is 1.04 bits per heavy atom. The summed E-state index contributed by atoms with van der Waals surface area (Å²) in [4.78, 5) is 26.1. The van der Waals surface area contributed by atoms with Gasteiger partial charge in [-0.3, -0.25) is 9.78 Å². The minimum atomic E-state index is -0.216. The lowest BCUT2D eigenvalue weighted by molar-refractivity contribution is -0.134. The van der Waals surface area contributed by atoms with Crippen LogP contribution < -0.4 is 4.90 Å². The number of pyridine rings is 1. The molecule has 26 heavy (non-hydrogen) atoms. The Morgan fingerprint density at radius 3 is 2.23 bits per heavy atom. The minimum absolute atomic E-state index is 0.173. The molecule has 6 heteroatoms. The second kappa shape index (κ2) is 7.48. The van der Waals surface area contributed by atoms with Crippen molar-refractivity contribution in [2.75, 3.05) is 31.1 Å². The summed E-state index contributed by atoms with van der Waals surface area (Å²) in [5.41, 5.74) is 3.27. The fourth-order valence-electron chi connectivity index (χ4n) is 3.66. The molecule has 0 N–H and O–H groups in total. The molecule has 2 aromatic rings. The largest absolute Gasteiger partial charge is 0.368 e. The monoisotopic (exact) mass is 355 g/mol.